The van der Waals surface area contributed by atoms with Gasteiger partial charge < -0.3 is 15.5 Å². The normalized spacial score (nSPS) is 11.6. The van der Waals surface area contributed by atoms with Crippen LogP contribution in [-0.4, -0.2) is 42.5 Å². The average molecular weight is 332 g/mol. The number of anilines is 1. The van der Waals surface area contributed by atoms with Gasteiger partial charge >= 0.3 is 6.03 Å². The highest BCUT2D eigenvalue weighted by Gasteiger charge is 2.15. The van der Waals surface area contributed by atoms with Gasteiger partial charge in [-0.15, -0.1) is 11.3 Å². The van der Waals surface area contributed by atoms with Gasteiger partial charge in [-0.25, -0.2) is 9.78 Å². The van der Waals surface area contributed by atoms with Crippen LogP contribution in [-0.2, 0) is 0 Å². The van der Waals surface area contributed by atoms with E-state index in [1.807, 2.05) is 12.3 Å². The minimum absolute atomic E-state index is 0.155. The molecule has 2 rings (SSSR count). The largest absolute Gasteiger partial charge is 0.355 e. The zero-order chi connectivity index (χ0) is 16.8. The van der Waals surface area contributed by atoms with Crippen LogP contribution < -0.4 is 10.6 Å². The van der Waals surface area contributed by atoms with Crippen molar-refractivity contribution in [1.82, 2.24) is 15.2 Å². The Bertz CT molecular complexity index is 655. The highest BCUT2D eigenvalue weighted by Crippen LogP contribution is 2.18. The number of benzene rings is 1. The van der Waals surface area contributed by atoms with Gasteiger partial charge in [0.15, 0.2) is 0 Å². The molecule has 0 saturated heterocycles. The first-order valence-electron chi connectivity index (χ1n) is 7.25. The zero-order valence-corrected chi connectivity index (χ0v) is 14.2. The summed E-state index contributed by atoms with van der Waals surface area (Å²) in [6.07, 6.45) is 1.77. The number of thiazole rings is 1. The maximum atomic E-state index is 12.2. The van der Waals surface area contributed by atoms with E-state index >= 15 is 0 Å². The Morgan fingerprint density at radius 3 is 2.57 bits per heavy atom. The second-order valence-electron chi connectivity index (χ2n) is 5.24. The molecule has 1 atom stereocenters. The molecular weight excluding hydrogens is 312 g/mol. The van der Waals surface area contributed by atoms with E-state index in [0.29, 0.717) is 17.8 Å². The number of nitrogens with zero attached hydrogens (tertiary/aromatic N) is 2. The van der Waals surface area contributed by atoms with Crippen molar-refractivity contribution >= 4 is 29.0 Å². The minimum Gasteiger partial charge on any atom is -0.355 e. The molecular formula is C16H20N4O2S. The van der Waals surface area contributed by atoms with E-state index in [1.54, 1.807) is 60.8 Å². The first kappa shape index (κ1) is 17.0. The van der Waals surface area contributed by atoms with E-state index in [1.165, 1.54) is 0 Å². The first-order valence-corrected chi connectivity index (χ1v) is 8.13. The van der Waals surface area contributed by atoms with Crippen LogP contribution >= 0.6 is 11.3 Å². The van der Waals surface area contributed by atoms with Crippen molar-refractivity contribution in [3.8, 4) is 0 Å². The van der Waals surface area contributed by atoms with Crippen LogP contribution in [0.3, 0.4) is 0 Å². The second kappa shape index (κ2) is 7.73. The van der Waals surface area contributed by atoms with Gasteiger partial charge in [-0.2, -0.15) is 0 Å². The summed E-state index contributed by atoms with van der Waals surface area (Å²) < 4.78 is 0. The van der Waals surface area contributed by atoms with E-state index in [2.05, 4.69) is 15.6 Å². The van der Waals surface area contributed by atoms with Gasteiger partial charge in [-0.05, 0) is 24.3 Å². The SMILES string of the molecule is CNC(=O)c1ccc(NC(=O)N(C)C[C@H](C)c2nccs2)cc1. The molecule has 0 unspecified atom stereocenters. The van der Waals surface area contributed by atoms with Crippen molar-refractivity contribution in [2.24, 2.45) is 0 Å². The first-order chi connectivity index (χ1) is 11.0. The molecule has 122 valence electrons. The molecule has 0 radical (unpaired) electrons. The van der Waals surface area contributed by atoms with Crippen LogP contribution in [0.1, 0.15) is 28.2 Å². The number of amides is 3. The third-order valence-corrected chi connectivity index (χ3v) is 4.40. The number of rotatable bonds is 5. The monoisotopic (exact) mass is 332 g/mol. The molecule has 0 aliphatic rings. The summed E-state index contributed by atoms with van der Waals surface area (Å²) in [6.45, 7) is 2.62. The van der Waals surface area contributed by atoms with Crippen molar-refractivity contribution in [2.75, 3.05) is 26.0 Å². The summed E-state index contributed by atoms with van der Waals surface area (Å²) in [5.74, 6) is 0.0265. The summed E-state index contributed by atoms with van der Waals surface area (Å²) in [7, 11) is 3.33. The predicted octanol–water partition coefficient (Wildman–Crippen LogP) is 2.77. The van der Waals surface area contributed by atoms with Crippen LogP contribution in [0.5, 0.6) is 0 Å². The van der Waals surface area contributed by atoms with Crippen LogP contribution in [0.2, 0.25) is 0 Å². The zero-order valence-electron chi connectivity index (χ0n) is 13.4. The number of nitrogens with one attached hydrogen (secondary N) is 2. The Balaban J connectivity index is 1.91. The van der Waals surface area contributed by atoms with Crippen LogP contribution in [0.4, 0.5) is 10.5 Å². The van der Waals surface area contributed by atoms with E-state index in [4.69, 9.17) is 0 Å². The van der Waals surface area contributed by atoms with Crippen molar-refractivity contribution < 1.29 is 9.59 Å². The van der Waals surface area contributed by atoms with Crippen LogP contribution in [0.15, 0.2) is 35.8 Å². The lowest BCUT2D eigenvalue weighted by atomic mass is 10.2. The Hall–Kier alpha value is -2.41. The number of carbonyl (C=O) groups is 2. The molecule has 6 nitrogen and oxygen atoms in total. The molecule has 2 N–H and O–H groups in total. The average Bonchev–Trinajstić information content (AvgIpc) is 3.09. The predicted molar refractivity (Wildman–Crippen MR) is 92.0 cm³/mol. The second-order valence-corrected chi connectivity index (χ2v) is 6.16. The molecule has 2 aromatic rings. The lowest BCUT2D eigenvalue weighted by molar-refractivity contribution is 0.0963. The molecule has 0 bridgehead atoms. The fourth-order valence-electron chi connectivity index (χ4n) is 2.12. The Kier molecular flexibility index (Phi) is 5.70. The van der Waals surface area contributed by atoms with Crippen molar-refractivity contribution in [2.45, 2.75) is 12.8 Å². The van der Waals surface area contributed by atoms with Gasteiger partial charge in [0.05, 0.1) is 5.01 Å². The van der Waals surface area contributed by atoms with Crippen molar-refractivity contribution in [3.63, 3.8) is 0 Å². The molecule has 0 spiro atoms. The number of aromatic nitrogens is 1. The fourth-order valence-corrected chi connectivity index (χ4v) is 2.81. The van der Waals surface area contributed by atoms with E-state index in [0.717, 1.165) is 5.01 Å². The van der Waals surface area contributed by atoms with Gasteiger partial charge in [0.2, 0.25) is 0 Å². The number of hydrogen-bond donors (Lipinski definition) is 2. The van der Waals surface area contributed by atoms with Gasteiger partial charge in [-0.3, -0.25) is 4.79 Å². The molecule has 3 amide bonds. The third-order valence-electron chi connectivity index (χ3n) is 3.39. The van der Waals surface area contributed by atoms with Crippen molar-refractivity contribution in [3.05, 3.63) is 46.4 Å². The molecule has 23 heavy (non-hydrogen) atoms. The lowest BCUT2D eigenvalue weighted by Crippen LogP contribution is -2.34. The van der Waals surface area contributed by atoms with Gasteiger partial charge in [0.1, 0.15) is 0 Å². The summed E-state index contributed by atoms with van der Waals surface area (Å²) >= 11 is 1.59. The Labute approximate surface area is 139 Å². The van der Waals surface area contributed by atoms with Gasteiger partial charge in [0.25, 0.3) is 5.91 Å². The number of carbonyl (C=O) groups excluding carboxylic acids is 2. The summed E-state index contributed by atoms with van der Waals surface area (Å²) in [4.78, 5) is 29.6. The molecule has 0 fully saturated rings. The number of hydrogen-bond acceptors (Lipinski definition) is 4. The molecule has 0 aliphatic heterocycles. The van der Waals surface area contributed by atoms with Crippen LogP contribution in [0, 0.1) is 0 Å². The maximum Gasteiger partial charge on any atom is 0.321 e. The summed E-state index contributed by atoms with van der Waals surface area (Å²) in [6, 6.07) is 6.57. The molecule has 1 heterocycles. The van der Waals surface area contributed by atoms with Crippen molar-refractivity contribution in [1.29, 1.82) is 0 Å². The van der Waals surface area contributed by atoms with E-state index in [-0.39, 0.29) is 17.9 Å². The number of likely N-dealkylation sites (N-methyl/N-ethyl adjacent to an activating group) is 1. The van der Waals surface area contributed by atoms with Gasteiger partial charge in [-0.1, -0.05) is 6.92 Å². The standard InChI is InChI=1S/C16H20N4O2S/c1-11(15-18-8-9-23-15)10-20(3)16(22)19-13-6-4-12(5-7-13)14(21)17-2/h4-9,11H,10H2,1-3H3,(H,17,21)(H,19,22)/t11-/m0/s1. The third kappa shape index (κ3) is 4.53. The Morgan fingerprint density at radius 2 is 2.00 bits per heavy atom. The smallest absolute Gasteiger partial charge is 0.321 e. The molecule has 1 aromatic heterocycles. The summed E-state index contributed by atoms with van der Waals surface area (Å²) in [5.41, 5.74) is 1.20. The highest BCUT2D eigenvalue weighted by atomic mass is 32.1. The molecule has 0 aliphatic carbocycles. The quantitative estimate of drug-likeness (QED) is 0.884. The molecule has 1 aromatic carbocycles. The summed E-state index contributed by atoms with van der Waals surface area (Å²) in [5, 5.41) is 8.31. The Morgan fingerprint density at radius 1 is 1.30 bits per heavy atom. The maximum absolute atomic E-state index is 12.2. The van der Waals surface area contributed by atoms with E-state index in [9.17, 15) is 9.59 Å². The molecule has 7 heteroatoms. The topological polar surface area (TPSA) is 74.3 Å². The fraction of sp³-hybridized carbons (Fsp3) is 0.312. The van der Waals surface area contributed by atoms with E-state index < -0.39 is 0 Å². The minimum atomic E-state index is -0.193. The van der Waals surface area contributed by atoms with Crippen LogP contribution in [0.25, 0.3) is 0 Å². The highest BCUT2D eigenvalue weighted by molar-refractivity contribution is 7.09. The number of urea groups is 1. The lowest BCUT2D eigenvalue weighted by Gasteiger charge is -2.21. The van der Waals surface area contributed by atoms with Gasteiger partial charge in [0, 0.05) is 49.4 Å². The molecule has 0 saturated carbocycles.